The van der Waals surface area contributed by atoms with Gasteiger partial charge in [-0.2, -0.15) is 15.2 Å². The monoisotopic (exact) mass is 693 g/mol. The van der Waals surface area contributed by atoms with E-state index in [0.29, 0.717) is 50.4 Å². The van der Waals surface area contributed by atoms with Crippen molar-refractivity contribution in [2.75, 3.05) is 57.4 Å². The van der Waals surface area contributed by atoms with Crippen LogP contribution in [0.15, 0.2) is 43.1 Å². The molecule has 0 unspecified atom stereocenters. The first-order valence-corrected chi connectivity index (χ1v) is 17.0. The van der Waals surface area contributed by atoms with Crippen molar-refractivity contribution in [1.29, 1.82) is 5.26 Å². The summed E-state index contributed by atoms with van der Waals surface area (Å²) in [4.78, 5) is 30.5. The number of carbonyl (C=O) groups is 1. The number of hydrogen-bond acceptors (Lipinski definition) is 10. The Morgan fingerprint density at radius 1 is 1.24 bits per heavy atom. The Morgan fingerprint density at radius 2 is 2.04 bits per heavy atom. The van der Waals surface area contributed by atoms with Gasteiger partial charge in [-0.1, -0.05) is 18.6 Å². The van der Waals surface area contributed by atoms with Crippen LogP contribution in [0.4, 0.5) is 14.6 Å². The van der Waals surface area contributed by atoms with Crippen molar-refractivity contribution in [3.05, 3.63) is 60.3 Å². The highest BCUT2D eigenvalue weighted by molar-refractivity contribution is 6.03. The summed E-state index contributed by atoms with van der Waals surface area (Å²) < 4.78 is 43.7. The molecule has 262 valence electrons. The van der Waals surface area contributed by atoms with E-state index in [4.69, 9.17) is 20.9 Å². The molecule has 3 fully saturated rings. The standard InChI is InChI=1S/C38H37F2N7O4/c1-3-26-29(39)8-7-23-16-25(48)17-27(32(23)26)34-33(40)35-28(19-42-34)36(47-11-5-6-24(18-41)30(20-47)43-31(49)4-2)45-37(44-35)51-22-38(9-10-38)21-46-12-14-50-15-13-46/h1,4,7-8,16-17,19,24,30,48H,2,5-6,9-15,20-22H2,(H,43,49)/t24-,30+/m0/s1. The molecule has 0 spiro atoms. The number of aromatic nitrogens is 3. The number of rotatable bonds is 9. The van der Waals surface area contributed by atoms with Crippen molar-refractivity contribution >= 4 is 33.4 Å². The number of carbonyl (C=O) groups excluding carboxylic acids is 1. The molecule has 7 rings (SSSR count). The smallest absolute Gasteiger partial charge is 0.319 e. The van der Waals surface area contributed by atoms with Crippen LogP contribution < -0.4 is 15.0 Å². The zero-order valence-electron chi connectivity index (χ0n) is 28.0. The van der Waals surface area contributed by atoms with Crippen LogP contribution in [0.2, 0.25) is 0 Å². The first-order chi connectivity index (χ1) is 24.7. The number of nitrogens with zero attached hydrogens (tertiary/aromatic N) is 6. The van der Waals surface area contributed by atoms with Crippen LogP contribution in [-0.2, 0) is 9.53 Å². The van der Waals surface area contributed by atoms with E-state index in [2.05, 4.69) is 38.8 Å². The molecule has 1 amide bonds. The van der Waals surface area contributed by atoms with Crippen molar-refractivity contribution in [2.45, 2.75) is 31.7 Å². The number of aromatic hydroxyl groups is 1. The Kier molecular flexibility index (Phi) is 9.42. The van der Waals surface area contributed by atoms with Crippen molar-refractivity contribution in [3.8, 4) is 41.4 Å². The number of phenols is 1. The Hall–Kier alpha value is -5.37. The summed E-state index contributed by atoms with van der Waals surface area (Å²) in [5.41, 5.74) is -0.364. The van der Waals surface area contributed by atoms with Gasteiger partial charge in [0.15, 0.2) is 5.82 Å². The number of benzene rings is 2. The number of nitrogens with one attached hydrogen (secondary N) is 1. The Balaban J connectivity index is 1.33. The molecular formula is C38H37F2N7O4. The molecule has 4 aromatic rings. The lowest BCUT2D eigenvalue weighted by Crippen LogP contribution is -2.46. The molecule has 3 aliphatic rings. The lowest BCUT2D eigenvalue weighted by Gasteiger charge is -2.30. The number of nitriles is 1. The summed E-state index contributed by atoms with van der Waals surface area (Å²) >= 11 is 0. The number of pyridine rings is 1. The average Bonchev–Trinajstić information content (AvgIpc) is 3.94. The molecular weight excluding hydrogens is 656 g/mol. The first-order valence-electron chi connectivity index (χ1n) is 17.0. The van der Waals surface area contributed by atoms with Crippen LogP contribution in [0.5, 0.6) is 11.8 Å². The summed E-state index contributed by atoms with van der Waals surface area (Å²) in [6.45, 7) is 8.42. The van der Waals surface area contributed by atoms with Gasteiger partial charge in [0.05, 0.1) is 48.8 Å². The molecule has 11 nitrogen and oxygen atoms in total. The summed E-state index contributed by atoms with van der Waals surface area (Å²) in [5, 5.41) is 24.3. The van der Waals surface area contributed by atoms with Gasteiger partial charge >= 0.3 is 6.01 Å². The number of terminal acetylenes is 1. The van der Waals surface area contributed by atoms with Gasteiger partial charge in [-0.3, -0.25) is 14.7 Å². The molecule has 0 bridgehead atoms. The molecule has 51 heavy (non-hydrogen) atoms. The maximum Gasteiger partial charge on any atom is 0.319 e. The fourth-order valence-electron chi connectivity index (χ4n) is 7.14. The van der Waals surface area contributed by atoms with E-state index in [0.717, 1.165) is 38.6 Å². The molecule has 2 N–H and O–H groups in total. The number of amides is 1. The Morgan fingerprint density at radius 3 is 2.76 bits per heavy atom. The third-order valence-corrected chi connectivity index (χ3v) is 10.0. The molecule has 2 aromatic heterocycles. The quantitative estimate of drug-likeness (QED) is 0.187. The summed E-state index contributed by atoms with van der Waals surface area (Å²) in [6.07, 6.45) is 11.4. The van der Waals surface area contributed by atoms with Gasteiger partial charge < -0.3 is 24.8 Å². The van der Waals surface area contributed by atoms with E-state index >= 15 is 4.39 Å². The van der Waals surface area contributed by atoms with E-state index < -0.39 is 29.5 Å². The van der Waals surface area contributed by atoms with Crippen molar-refractivity contribution < 1.29 is 28.2 Å². The number of morpholine rings is 1. The van der Waals surface area contributed by atoms with Crippen LogP contribution in [0.25, 0.3) is 32.9 Å². The zero-order chi connectivity index (χ0) is 35.7. The van der Waals surface area contributed by atoms with Gasteiger partial charge in [0.2, 0.25) is 5.91 Å². The highest BCUT2D eigenvalue weighted by Crippen LogP contribution is 2.47. The Bertz CT molecular complexity index is 2100. The van der Waals surface area contributed by atoms with Crippen molar-refractivity contribution in [2.24, 2.45) is 11.3 Å². The summed E-state index contributed by atoms with van der Waals surface area (Å²) in [5.74, 6) is 0.127. The maximum atomic E-state index is 17.0. The van der Waals surface area contributed by atoms with Crippen LogP contribution in [0.3, 0.4) is 0 Å². The first kappa shape index (κ1) is 34.1. The van der Waals surface area contributed by atoms with Gasteiger partial charge in [-0.15, -0.1) is 6.42 Å². The third kappa shape index (κ3) is 6.87. The molecule has 2 atom stereocenters. The largest absolute Gasteiger partial charge is 0.508 e. The molecule has 1 aliphatic carbocycles. The van der Waals surface area contributed by atoms with Gasteiger partial charge in [-0.25, -0.2) is 8.78 Å². The number of halogens is 2. The zero-order valence-corrected chi connectivity index (χ0v) is 28.0. The predicted molar refractivity (Wildman–Crippen MR) is 187 cm³/mol. The second-order valence-electron chi connectivity index (χ2n) is 13.5. The number of phenolic OH excluding ortho intramolecular Hbond substituents is 1. The van der Waals surface area contributed by atoms with Crippen LogP contribution in [-0.4, -0.2) is 89.5 Å². The van der Waals surface area contributed by atoms with Crippen LogP contribution in [0.1, 0.15) is 31.2 Å². The normalized spacial score (nSPS) is 20.3. The van der Waals surface area contributed by atoms with E-state index in [9.17, 15) is 19.6 Å². The summed E-state index contributed by atoms with van der Waals surface area (Å²) in [6, 6.07) is 7.09. The second kappa shape index (κ2) is 14.1. The predicted octanol–water partition coefficient (Wildman–Crippen LogP) is 4.71. The van der Waals surface area contributed by atoms with Crippen molar-refractivity contribution in [3.63, 3.8) is 0 Å². The topological polar surface area (TPSA) is 137 Å². The summed E-state index contributed by atoms with van der Waals surface area (Å²) in [7, 11) is 0. The minimum Gasteiger partial charge on any atom is -0.508 e. The SMILES string of the molecule is C#Cc1c(F)ccc2cc(O)cc(-c3ncc4c(N5CCC[C@@H](C#N)[C@H](NC(=O)C=C)C5)nc(OCC5(CN6CCOCC6)CC5)nc4c3F)c12. The Labute approximate surface area is 293 Å². The molecule has 13 heteroatoms. The number of anilines is 1. The lowest BCUT2D eigenvalue weighted by atomic mass is 9.96. The van der Waals surface area contributed by atoms with Crippen molar-refractivity contribution in [1.82, 2.24) is 25.2 Å². The molecule has 2 saturated heterocycles. The molecule has 1 saturated carbocycles. The molecule has 0 radical (unpaired) electrons. The number of fused-ring (bicyclic) bond motifs is 2. The minimum absolute atomic E-state index is 0.0364. The van der Waals surface area contributed by atoms with Gasteiger partial charge in [0.1, 0.15) is 28.6 Å². The molecule has 4 heterocycles. The average molecular weight is 694 g/mol. The van der Waals surface area contributed by atoms with Gasteiger partial charge in [-0.05, 0) is 55.3 Å². The fraction of sp³-hybridized carbons (Fsp3) is 0.395. The maximum absolute atomic E-state index is 17.0. The highest BCUT2D eigenvalue weighted by atomic mass is 19.1. The van der Waals surface area contributed by atoms with Gasteiger partial charge in [0.25, 0.3) is 0 Å². The minimum atomic E-state index is -0.837. The van der Waals surface area contributed by atoms with E-state index in [1.807, 2.05) is 4.90 Å². The third-order valence-electron chi connectivity index (χ3n) is 10.0. The second-order valence-corrected chi connectivity index (χ2v) is 13.5. The van der Waals surface area contributed by atoms with E-state index in [-0.39, 0.29) is 56.8 Å². The molecule has 2 aliphatic heterocycles. The van der Waals surface area contributed by atoms with E-state index in [1.165, 1.54) is 30.5 Å². The van der Waals surface area contributed by atoms with Crippen LogP contribution >= 0.6 is 0 Å². The highest BCUT2D eigenvalue weighted by Gasteiger charge is 2.45. The molecule has 2 aromatic carbocycles. The number of hydrogen-bond donors (Lipinski definition) is 2. The fourth-order valence-corrected chi connectivity index (χ4v) is 7.14. The van der Waals surface area contributed by atoms with Gasteiger partial charge in [0, 0.05) is 55.3 Å². The lowest BCUT2D eigenvalue weighted by molar-refractivity contribution is -0.117. The van der Waals surface area contributed by atoms with Crippen LogP contribution in [0, 0.1) is 46.6 Å². The van der Waals surface area contributed by atoms with E-state index in [1.54, 1.807) is 0 Å². The number of ether oxygens (including phenoxy) is 2.